The van der Waals surface area contributed by atoms with Gasteiger partial charge in [-0.05, 0) is 46.1 Å². The van der Waals surface area contributed by atoms with Crippen LogP contribution in [-0.2, 0) is 4.79 Å². The van der Waals surface area contributed by atoms with Crippen molar-refractivity contribution in [2.75, 3.05) is 13.1 Å². The highest BCUT2D eigenvalue weighted by Crippen LogP contribution is 2.31. The van der Waals surface area contributed by atoms with Crippen LogP contribution in [0.3, 0.4) is 0 Å². The number of carbonyl (C=O) groups excluding carboxylic acids is 1. The van der Waals surface area contributed by atoms with Crippen LogP contribution in [0, 0.1) is 0 Å². The van der Waals surface area contributed by atoms with Gasteiger partial charge in [0.2, 0.25) is 5.91 Å². The number of nitrogens with one attached hydrogen (secondary N) is 1. The van der Waals surface area contributed by atoms with E-state index in [2.05, 4.69) is 19.2 Å². The summed E-state index contributed by atoms with van der Waals surface area (Å²) in [6.07, 6.45) is 4.37. The molecule has 2 saturated heterocycles. The van der Waals surface area contributed by atoms with Crippen LogP contribution < -0.4 is 5.32 Å². The van der Waals surface area contributed by atoms with Gasteiger partial charge in [0.05, 0.1) is 5.54 Å². The standard InChI is InChI=1S/C11H20N2O/c1-9(2)13-8-4-6-11(10(13)14)5-3-7-12-11/h9,12H,3-8H2,1-2H3. The Balaban J connectivity index is 2.16. The number of hydrogen-bond acceptors (Lipinski definition) is 2. The molecule has 0 saturated carbocycles. The maximum Gasteiger partial charge on any atom is 0.243 e. The second-order valence-corrected chi connectivity index (χ2v) is 4.81. The van der Waals surface area contributed by atoms with Crippen molar-refractivity contribution in [1.82, 2.24) is 10.2 Å². The van der Waals surface area contributed by atoms with Gasteiger partial charge in [-0.3, -0.25) is 4.79 Å². The van der Waals surface area contributed by atoms with Gasteiger partial charge in [-0.2, -0.15) is 0 Å². The average Bonchev–Trinajstić information content (AvgIpc) is 2.59. The van der Waals surface area contributed by atoms with Crippen LogP contribution in [-0.4, -0.2) is 35.5 Å². The number of piperidine rings is 1. The van der Waals surface area contributed by atoms with Crippen LogP contribution in [0.15, 0.2) is 0 Å². The second-order valence-electron chi connectivity index (χ2n) is 4.81. The normalized spacial score (nSPS) is 33.4. The van der Waals surface area contributed by atoms with Crippen molar-refractivity contribution in [2.24, 2.45) is 0 Å². The smallest absolute Gasteiger partial charge is 0.243 e. The number of carbonyl (C=O) groups is 1. The zero-order chi connectivity index (χ0) is 10.2. The van der Waals surface area contributed by atoms with Crippen LogP contribution in [0.5, 0.6) is 0 Å². The minimum Gasteiger partial charge on any atom is -0.339 e. The van der Waals surface area contributed by atoms with Crippen LogP contribution in [0.1, 0.15) is 39.5 Å². The molecule has 1 N–H and O–H groups in total. The van der Waals surface area contributed by atoms with Gasteiger partial charge in [0.1, 0.15) is 0 Å². The van der Waals surface area contributed by atoms with Gasteiger partial charge in [-0.25, -0.2) is 0 Å². The maximum absolute atomic E-state index is 12.3. The first-order chi connectivity index (χ1) is 6.66. The first kappa shape index (κ1) is 9.97. The molecule has 1 spiro atoms. The molecule has 2 heterocycles. The van der Waals surface area contributed by atoms with Crippen molar-refractivity contribution in [2.45, 2.75) is 51.1 Å². The molecular formula is C11H20N2O. The van der Waals surface area contributed by atoms with E-state index in [1.165, 1.54) is 0 Å². The Hall–Kier alpha value is -0.570. The molecule has 1 unspecified atom stereocenters. The SMILES string of the molecule is CC(C)N1CCCC2(CCCN2)C1=O. The van der Waals surface area contributed by atoms with Gasteiger partial charge in [-0.15, -0.1) is 0 Å². The third kappa shape index (κ3) is 1.44. The zero-order valence-corrected chi connectivity index (χ0v) is 9.18. The molecule has 80 valence electrons. The summed E-state index contributed by atoms with van der Waals surface area (Å²) in [5, 5.41) is 3.42. The van der Waals surface area contributed by atoms with Gasteiger partial charge in [0.25, 0.3) is 0 Å². The highest BCUT2D eigenvalue weighted by Gasteiger charge is 2.45. The Kier molecular flexibility index (Phi) is 2.52. The van der Waals surface area contributed by atoms with Crippen LogP contribution >= 0.6 is 0 Å². The Morgan fingerprint density at radius 1 is 1.36 bits per heavy atom. The third-order valence-corrected chi connectivity index (χ3v) is 3.54. The number of nitrogens with zero attached hydrogens (tertiary/aromatic N) is 1. The molecule has 2 aliphatic rings. The van der Waals surface area contributed by atoms with Crippen LogP contribution in [0.4, 0.5) is 0 Å². The van der Waals surface area contributed by atoms with E-state index >= 15 is 0 Å². The fraction of sp³-hybridized carbons (Fsp3) is 0.909. The number of hydrogen-bond donors (Lipinski definition) is 1. The van der Waals surface area contributed by atoms with Crippen molar-refractivity contribution in [1.29, 1.82) is 0 Å². The topological polar surface area (TPSA) is 32.3 Å². The molecule has 0 bridgehead atoms. The van der Waals surface area contributed by atoms with Gasteiger partial charge in [0.15, 0.2) is 0 Å². The van der Waals surface area contributed by atoms with E-state index in [0.717, 1.165) is 38.8 Å². The van der Waals surface area contributed by atoms with Gasteiger partial charge >= 0.3 is 0 Å². The Morgan fingerprint density at radius 2 is 2.07 bits per heavy atom. The summed E-state index contributed by atoms with van der Waals surface area (Å²) in [4.78, 5) is 14.3. The summed E-state index contributed by atoms with van der Waals surface area (Å²) in [5.74, 6) is 0.344. The van der Waals surface area contributed by atoms with Crippen molar-refractivity contribution in [3.05, 3.63) is 0 Å². The van der Waals surface area contributed by atoms with E-state index in [-0.39, 0.29) is 5.54 Å². The molecule has 0 aromatic heterocycles. The highest BCUT2D eigenvalue weighted by molar-refractivity contribution is 5.87. The molecule has 2 aliphatic heterocycles. The maximum atomic E-state index is 12.3. The largest absolute Gasteiger partial charge is 0.339 e. The predicted octanol–water partition coefficient (Wildman–Crippen LogP) is 1.14. The lowest BCUT2D eigenvalue weighted by molar-refractivity contribution is -0.143. The summed E-state index contributed by atoms with van der Waals surface area (Å²) in [7, 11) is 0. The Labute approximate surface area is 85.8 Å². The van der Waals surface area contributed by atoms with Crippen LogP contribution in [0.25, 0.3) is 0 Å². The number of likely N-dealkylation sites (tertiary alicyclic amines) is 1. The Bertz CT molecular complexity index is 231. The molecule has 0 radical (unpaired) electrons. The van der Waals surface area contributed by atoms with E-state index in [0.29, 0.717) is 11.9 Å². The minimum absolute atomic E-state index is 0.178. The van der Waals surface area contributed by atoms with Crippen LogP contribution in [0.2, 0.25) is 0 Å². The molecule has 2 fully saturated rings. The van der Waals surface area contributed by atoms with Gasteiger partial charge in [-0.1, -0.05) is 0 Å². The molecule has 0 aromatic carbocycles. The quantitative estimate of drug-likeness (QED) is 0.682. The predicted molar refractivity (Wildman–Crippen MR) is 56.1 cm³/mol. The molecular weight excluding hydrogens is 176 g/mol. The number of rotatable bonds is 1. The van der Waals surface area contributed by atoms with E-state index in [1.807, 2.05) is 4.90 Å². The molecule has 0 aliphatic carbocycles. The lowest BCUT2D eigenvalue weighted by Gasteiger charge is -2.41. The van der Waals surface area contributed by atoms with Gasteiger partial charge in [0, 0.05) is 12.6 Å². The summed E-state index contributed by atoms with van der Waals surface area (Å²) in [5.41, 5.74) is -0.178. The van der Waals surface area contributed by atoms with E-state index in [4.69, 9.17) is 0 Å². The van der Waals surface area contributed by atoms with E-state index in [9.17, 15) is 4.79 Å². The molecule has 1 atom stereocenters. The molecule has 0 aromatic rings. The third-order valence-electron chi connectivity index (χ3n) is 3.54. The second kappa shape index (κ2) is 3.54. The van der Waals surface area contributed by atoms with Gasteiger partial charge < -0.3 is 10.2 Å². The summed E-state index contributed by atoms with van der Waals surface area (Å²) < 4.78 is 0. The molecule has 14 heavy (non-hydrogen) atoms. The summed E-state index contributed by atoms with van der Waals surface area (Å²) >= 11 is 0. The first-order valence-electron chi connectivity index (χ1n) is 5.72. The average molecular weight is 196 g/mol. The number of amides is 1. The summed E-state index contributed by atoms with van der Waals surface area (Å²) in [6, 6.07) is 0.349. The Morgan fingerprint density at radius 3 is 2.64 bits per heavy atom. The zero-order valence-electron chi connectivity index (χ0n) is 9.18. The first-order valence-corrected chi connectivity index (χ1v) is 5.72. The molecule has 3 nitrogen and oxygen atoms in total. The molecule has 3 heteroatoms. The van der Waals surface area contributed by atoms with Crippen molar-refractivity contribution < 1.29 is 4.79 Å². The fourth-order valence-electron chi connectivity index (χ4n) is 2.73. The molecule has 1 amide bonds. The van der Waals surface area contributed by atoms with E-state index in [1.54, 1.807) is 0 Å². The summed E-state index contributed by atoms with van der Waals surface area (Å²) in [6.45, 7) is 6.16. The lowest BCUT2D eigenvalue weighted by atomic mass is 9.86. The molecule has 2 rings (SSSR count). The lowest BCUT2D eigenvalue weighted by Crippen LogP contribution is -2.60. The highest BCUT2D eigenvalue weighted by atomic mass is 16.2. The monoisotopic (exact) mass is 196 g/mol. The van der Waals surface area contributed by atoms with E-state index < -0.39 is 0 Å². The fourth-order valence-corrected chi connectivity index (χ4v) is 2.73. The minimum atomic E-state index is -0.178. The van der Waals surface area contributed by atoms with Crippen molar-refractivity contribution >= 4 is 5.91 Å². The van der Waals surface area contributed by atoms with Crippen molar-refractivity contribution in [3.63, 3.8) is 0 Å². The van der Waals surface area contributed by atoms with Crippen molar-refractivity contribution in [3.8, 4) is 0 Å².